The van der Waals surface area contributed by atoms with Gasteiger partial charge in [0.1, 0.15) is 6.61 Å². The van der Waals surface area contributed by atoms with Crippen LogP contribution in [-0.2, 0) is 0 Å². The fourth-order valence-electron chi connectivity index (χ4n) is 0.827. The molecule has 66 valence electrons. The van der Waals surface area contributed by atoms with Crippen LogP contribution >= 0.6 is 0 Å². The molecule has 12 heavy (non-hydrogen) atoms. The van der Waals surface area contributed by atoms with Crippen LogP contribution in [0.1, 0.15) is 19.8 Å². The minimum absolute atomic E-state index is 0.117. The van der Waals surface area contributed by atoms with Crippen molar-refractivity contribution in [3.05, 3.63) is 34.7 Å². The van der Waals surface area contributed by atoms with E-state index < -0.39 is 0 Å². The molecule has 0 atom stereocenters. The number of pyridine rings is 1. The third-order valence-electron chi connectivity index (χ3n) is 1.52. The molecule has 0 bridgehead atoms. The van der Waals surface area contributed by atoms with E-state index in [0.29, 0.717) is 6.61 Å². The topological polar surface area (TPSA) is 31.2 Å². The fraction of sp³-hybridized carbons (Fsp3) is 0.444. The van der Waals surface area contributed by atoms with Crippen molar-refractivity contribution in [1.29, 1.82) is 0 Å². The molecular weight excluding hydrogens is 154 g/mol. The first kappa shape index (κ1) is 8.84. The summed E-state index contributed by atoms with van der Waals surface area (Å²) < 4.78 is 1.26. The Bertz CT molecular complexity index is 280. The second kappa shape index (κ2) is 4.59. The van der Waals surface area contributed by atoms with Gasteiger partial charge in [-0.2, -0.15) is 4.73 Å². The lowest BCUT2D eigenvalue weighted by Gasteiger charge is -2.05. The van der Waals surface area contributed by atoms with E-state index in [1.165, 1.54) is 10.8 Å². The van der Waals surface area contributed by atoms with Crippen molar-refractivity contribution < 1.29 is 4.84 Å². The SMILES string of the molecule is CCCCOn1ccccc1=O. The summed E-state index contributed by atoms with van der Waals surface area (Å²) in [5.41, 5.74) is -0.117. The lowest BCUT2D eigenvalue weighted by Crippen LogP contribution is -2.25. The highest BCUT2D eigenvalue weighted by molar-refractivity contribution is 4.91. The van der Waals surface area contributed by atoms with Crippen LogP contribution in [0.2, 0.25) is 0 Å². The molecule has 1 rings (SSSR count). The predicted molar refractivity (Wildman–Crippen MR) is 47.1 cm³/mol. The molecule has 0 fully saturated rings. The molecular formula is C9H13NO2. The van der Waals surface area contributed by atoms with Crippen molar-refractivity contribution in [2.24, 2.45) is 0 Å². The Balaban J connectivity index is 2.52. The lowest BCUT2D eigenvalue weighted by molar-refractivity contribution is 0.0993. The molecule has 0 spiro atoms. The van der Waals surface area contributed by atoms with Gasteiger partial charge in [0.15, 0.2) is 0 Å². The van der Waals surface area contributed by atoms with Crippen molar-refractivity contribution in [2.45, 2.75) is 19.8 Å². The van der Waals surface area contributed by atoms with E-state index in [1.54, 1.807) is 18.3 Å². The number of aromatic nitrogens is 1. The number of unbranched alkanes of at least 4 members (excludes halogenated alkanes) is 1. The standard InChI is InChI=1S/C9H13NO2/c1-2-3-8-12-10-7-5-4-6-9(10)11/h4-7H,2-3,8H2,1H3. The zero-order valence-corrected chi connectivity index (χ0v) is 7.19. The molecule has 0 aromatic carbocycles. The van der Waals surface area contributed by atoms with E-state index in [-0.39, 0.29) is 5.56 Å². The fourth-order valence-corrected chi connectivity index (χ4v) is 0.827. The monoisotopic (exact) mass is 167 g/mol. The number of rotatable bonds is 4. The first-order valence-electron chi connectivity index (χ1n) is 4.15. The Hall–Kier alpha value is -1.25. The second-order valence-electron chi connectivity index (χ2n) is 2.55. The maximum absolute atomic E-state index is 11.1. The molecule has 0 aliphatic rings. The summed E-state index contributed by atoms with van der Waals surface area (Å²) >= 11 is 0. The lowest BCUT2D eigenvalue weighted by atomic mass is 10.4. The van der Waals surface area contributed by atoms with Gasteiger partial charge in [0.25, 0.3) is 5.56 Å². The van der Waals surface area contributed by atoms with Crippen molar-refractivity contribution in [2.75, 3.05) is 6.61 Å². The van der Waals surface area contributed by atoms with Crippen LogP contribution in [-0.4, -0.2) is 11.3 Å². The molecule has 1 aromatic rings. The largest absolute Gasteiger partial charge is 0.411 e. The molecule has 0 radical (unpaired) electrons. The summed E-state index contributed by atoms with van der Waals surface area (Å²) in [7, 11) is 0. The molecule has 0 saturated carbocycles. The summed E-state index contributed by atoms with van der Waals surface area (Å²) in [4.78, 5) is 16.2. The Kier molecular flexibility index (Phi) is 3.38. The molecule has 0 N–H and O–H groups in total. The molecule has 0 amide bonds. The predicted octanol–water partition coefficient (Wildman–Crippen LogP) is 1.08. The Labute approximate surface area is 71.5 Å². The molecule has 0 saturated heterocycles. The maximum Gasteiger partial charge on any atom is 0.282 e. The van der Waals surface area contributed by atoms with E-state index >= 15 is 0 Å². The average Bonchev–Trinajstić information content (AvgIpc) is 2.09. The van der Waals surface area contributed by atoms with Gasteiger partial charge in [0.2, 0.25) is 0 Å². The van der Waals surface area contributed by atoms with Crippen molar-refractivity contribution >= 4 is 0 Å². The Morgan fingerprint density at radius 3 is 3.00 bits per heavy atom. The van der Waals surface area contributed by atoms with Crippen molar-refractivity contribution in [3.8, 4) is 0 Å². The summed E-state index contributed by atoms with van der Waals surface area (Å²) in [6, 6.07) is 4.95. The van der Waals surface area contributed by atoms with Crippen LogP contribution in [0.3, 0.4) is 0 Å². The minimum atomic E-state index is -0.117. The van der Waals surface area contributed by atoms with E-state index in [0.717, 1.165) is 12.8 Å². The van der Waals surface area contributed by atoms with Crippen LogP contribution < -0.4 is 10.4 Å². The average molecular weight is 167 g/mol. The van der Waals surface area contributed by atoms with Gasteiger partial charge in [0.05, 0.1) is 0 Å². The van der Waals surface area contributed by atoms with Crippen molar-refractivity contribution in [1.82, 2.24) is 4.73 Å². The first-order valence-corrected chi connectivity index (χ1v) is 4.15. The van der Waals surface area contributed by atoms with Gasteiger partial charge >= 0.3 is 0 Å². The smallest absolute Gasteiger partial charge is 0.282 e. The van der Waals surface area contributed by atoms with Gasteiger partial charge in [-0.1, -0.05) is 19.4 Å². The van der Waals surface area contributed by atoms with E-state index in [4.69, 9.17) is 4.84 Å². The first-order chi connectivity index (χ1) is 5.84. The van der Waals surface area contributed by atoms with Crippen LogP contribution in [0.15, 0.2) is 29.2 Å². The normalized spacial score (nSPS) is 9.75. The van der Waals surface area contributed by atoms with E-state index in [2.05, 4.69) is 6.92 Å². The Morgan fingerprint density at radius 2 is 2.33 bits per heavy atom. The zero-order chi connectivity index (χ0) is 8.81. The van der Waals surface area contributed by atoms with Crippen molar-refractivity contribution in [3.63, 3.8) is 0 Å². The molecule has 3 heteroatoms. The van der Waals surface area contributed by atoms with E-state index in [9.17, 15) is 4.79 Å². The molecule has 0 aliphatic heterocycles. The summed E-state index contributed by atoms with van der Waals surface area (Å²) in [5.74, 6) is 0. The molecule has 1 aromatic heterocycles. The number of hydrogen-bond acceptors (Lipinski definition) is 2. The number of nitrogens with zero attached hydrogens (tertiary/aromatic N) is 1. The highest BCUT2D eigenvalue weighted by Crippen LogP contribution is 1.84. The molecule has 1 heterocycles. The highest BCUT2D eigenvalue weighted by atomic mass is 16.7. The third kappa shape index (κ3) is 2.42. The molecule has 3 nitrogen and oxygen atoms in total. The third-order valence-corrected chi connectivity index (χ3v) is 1.52. The zero-order valence-electron chi connectivity index (χ0n) is 7.19. The van der Waals surface area contributed by atoms with Gasteiger partial charge in [-0.3, -0.25) is 4.79 Å². The van der Waals surface area contributed by atoms with Crippen LogP contribution in [0.5, 0.6) is 0 Å². The molecule has 0 aliphatic carbocycles. The Morgan fingerprint density at radius 1 is 1.50 bits per heavy atom. The van der Waals surface area contributed by atoms with Crippen LogP contribution in [0.4, 0.5) is 0 Å². The quantitative estimate of drug-likeness (QED) is 0.628. The maximum atomic E-state index is 11.1. The minimum Gasteiger partial charge on any atom is -0.411 e. The van der Waals surface area contributed by atoms with Crippen LogP contribution in [0.25, 0.3) is 0 Å². The van der Waals surface area contributed by atoms with E-state index in [1.807, 2.05) is 0 Å². The highest BCUT2D eigenvalue weighted by Gasteiger charge is 1.91. The van der Waals surface area contributed by atoms with Gasteiger partial charge in [-0.15, -0.1) is 0 Å². The van der Waals surface area contributed by atoms with Gasteiger partial charge < -0.3 is 4.84 Å². The molecule has 0 unspecified atom stereocenters. The van der Waals surface area contributed by atoms with Gasteiger partial charge in [-0.05, 0) is 12.5 Å². The van der Waals surface area contributed by atoms with Crippen LogP contribution in [0, 0.1) is 0 Å². The summed E-state index contributed by atoms with van der Waals surface area (Å²) in [6.07, 6.45) is 3.67. The van der Waals surface area contributed by atoms with Gasteiger partial charge in [0, 0.05) is 12.3 Å². The van der Waals surface area contributed by atoms with Gasteiger partial charge in [-0.25, -0.2) is 0 Å². The summed E-state index contributed by atoms with van der Waals surface area (Å²) in [5, 5.41) is 0. The summed E-state index contributed by atoms with van der Waals surface area (Å²) in [6.45, 7) is 2.68. The second-order valence-corrected chi connectivity index (χ2v) is 2.55. The number of hydrogen-bond donors (Lipinski definition) is 0.